The molecule has 0 aromatic carbocycles. The van der Waals surface area contributed by atoms with Crippen LogP contribution in [0, 0.1) is 5.21 Å². The fourth-order valence-electron chi connectivity index (χ4n) is 0.581. The number of hydroxylamine groups is 1. The Bertz CT molecular complexity index is 148. The van der Waals surface area contributed by atoms with Gasteiger partial charge in [0.05, 0.1) is 0 Å². The van der Waals surface area contributed by atoms with Crippen molar-refractivity contribution in [2.75, 3.05) is 0 Å². The first-order valence-corrected chi connectivity index (χ1v) is 4.14. The van der Waals surface area contributed by atoms with Crippen molar-refractivity contribution in [1.29, 1.82) is 0 Å². The molecule has 0 spiro atoms. The quantitative estimate of drug-likeness (QED) is 0.265. The van der Waals surface area contributed by atoms with Gasteiger partial charge in [-0.3, -0.25) is 0 Å². The summed E-state index contributed by atoms with van der Waals surface area (Å²) in [5.41, 5.74) is 0. The summed E-state index contributed by atoms with van der Waals surface area (Å²) in [5.74, 6) is 0. The molecule has 0 aliphatic carbocycles. The van der Waals surface area contributed by atoms with Crippen LogP contribution in [0.25, 0.3) is 0 Å². The SMILES string of the molecule is CCC/C=C/C=[N+](\[O-])C(C)C. The maximum atomic E-state index is 10.9. The second kappa shape index (κ2) is 5.96. The zero-order valence-electron chi connectivity index (χ0n) is 7.58. The second-order valence-electron chi connectivity index (χ2n) is 2.82. The third kappa shape index (κ3) is 5.64. The highest BCUT2D eigenvalue weighted by Crippen LogP contribution is 1.88. The Hall–Kier alpha value is -0.790. The summed E-state index contributed by atoms with van der Waals surface area (Å²) in [6.07, 6.45) is 7.57. The van der Waals surface area contributed by atoms with E-state index in [-0.39, 0.29) is 6.04 Å². The number of hydrogen-bond acceptors (Lipinski definition) is 1. The predicted molar refractivity (Wildman–Crippen MR) is 48.9 cm³/mol. The Morgan fingerprint density at radius 1 is 1.45 bits per heavy atom. The Labute approximate surface area is 68.8 Å². The molecule has 0 atom stereocenters. The fraction of sp³-hybridized carbons (Fsp3) is 0.667. The van der Waals surface area contributed by atoms with E-state index in [1.54, 1.807) is 6.21 Å². The molecule has 0 N–H and O–H groups in total. The Morgan fingerprint density at radius 2 is 2.09 bits per heavy atom. The largest absolute Gasteiger partial charge is 0.624 e. The minimum absolute atomic E-state index is 0.0428. The molecule has 0 unspecified atom stereocenters. The fourth-order valence-corrected chi connectivity index (χ4v) is 0.581. The predicted octanol–water partition coefficient (Wildman–Crippen LogP) is 2.33. The van der Waals surface area contributed by atoms with E-state index in [9.17, 15) is 5.21 Å². The van der Waals surface area contributed by atoms with Gasteiger partial charge in [0.2, 0.25) is 0 Å². The van der Waals surface area contributed by atoms with Gasteiger partial charge in [-0.05, 0) is 26.3 Å². The molecule has 0 aromatic rings. The van der Waals surface area contributed by atoms with Crippen LogP contribution in [0.1, 0.15) is 33.6 Å². The lowest BCUT2D eigenvalue weighted by Crippen LogP contribution is -2.13. The third-order valence-electron chi connectivity index (χ3n) is 1.33. The van der Waals surface area contributed by atoms with Crippen molar-refractivity contribution in [2.45, 2.75) is 39.7 Å². The lowest BCUT2D eigenvalue weighted by molar-refractivity contribution is -0.486. The van der Waals surface area contributed by atoms with Gasteiger partial charge in [-0.2, -0.15) is 0 Å². The zero-order valence-corrected chi connectivity index (χ0v) is 7.58. The van der Waals surface area contributed by atoms with Crippen LogP contribution in [0.2, 0.25) is 0 Å². The molecule has 0 bridgehead atoms. The van der Waals surface area contributed by atoms with E-state index in [1.165, 1.54) is 0 Å². The second-order valence-corrected chi connectivity index (χ2v) is 2.82. The molecule has 0 radical (unpaired) electrons. The molecule has 11 heavy (non-hydrogen) atoms. The van der Waals surface area contributed by atoms with Gasteiger partial charge in [0.15, 0.2) is 12.3 Å². The van der Waals surface area contributed by atoms with Crippen LogP contribution in [0.3, 0.4) is 0 Å². The summed E-state index contributed by atoms with van der Waals surface area (Å²) in [6, 6.07) is 0.0428. The summed E-state index contributed by atoms with van der Waals surface area (Å²) >= 11 is 0. The number of unbranched alkanes of at least 4 members (excludes halogenated alkanes) is 1. The smallest absolute Gasteiger partial charge is 0.174 e. The molecule has 0 aromatic heterocycles. The molecule has 0 heterocycles. The van der Waals surface area contributed by atoms with Crippen LogP contribution in [0.5, 0.6) is 0 Å². The Morgan fingerprint density at radius 3 is 2.55 bits per heavy atom. The molecular formula is C9H17NO. The van der Waals surface area contributed by atoms with Gasteiger partial charge in [0.25, 0.3) is 0 Å². The monoisotopic (exact) mass is 155 g/mol. The lowest BCUT2D eigenvalue weighted by atomic mass is 10.3. The van der Waals surface area contributed by atoms with Crippen molar-refractivity contribution >= 4 is 6.21 Å². The average molecular weight is 155 g/mol. The lowest BCUT2D eigenvalue weighted by Gasteiger charge is -2.04. The first-order valence-electron chi connectivity index (χ1n) is 4.14. The van der Waals surface area contributed by atoms with E-state index < -0.39 is 0 Å². The highest BCUT2D eigenvalue weighted by Gasteiger charge is 1.95. The molecular weight excluding hydrogens is 138 g/mol. The van der Waals surface area contributed by atoms with E-state index in [4.69, 9.17) is 0 Å². The van der Waals surface area contributed by atoms with Gasteiger partial charge in [0.1, 0.15) is 0 Å². The van der Waals surface area contributed by atoms with Gasteiger partial charge in [-0.15, -0.1) is 0 Å². The molecule has 0 saturated heterocycles. The van der Waals surface area contributed by atoms with Crippen LogP contribution in [0.15, 0.2) is 12.2 Å². The van der Waals surface area contributed by atoms with Crippen molar-refractivity contribution in [1.82, 2.24) is 0 Å². The molecule has 2 nitrogen and oxygen atoms in total. The van der Waals surface area contributed by atoms with Crippen LogP contribution in [-0.4, -0.2) is 17.0 Å². The standard InChI is InChI=1S/C9H17NO/c1-4-5-6-7-8-10(11)9(2)3/h6-9H,4-5H2,1-3H3/b7-6+,10-8-. The average Bonchev–Trinajstić information content (AvgIpc) is 1.97. The van der Waals surface area contributed by atoms with Gasteiger partial charge in [0, 0.05) is 0 Å². The summed E-state index contributed by atoms with van der Waals surface area (Å²) in [4.78, 5) is 0. The first kappa shape index (κ1) is 10.2. The van der Waals surface area contributed by atoms with Crippen molar-refractivity contribution in [3.05, 3.63) is 17.4 Å². The zero-order chi connectivity index (χ0) is 8.69. The van der Waals surface area contributed by atoms with Crippen LogP contribution in [0.4, 0.5) is 0 Å². The molecule has 0 fully saturated rings. The Kier molecular flexibility index (Phi) is 5.53. The highest BCUT2D eigenvalue weighted by molar-refractivity contribution is 5.66. The van der Waals surface area contributed by atoms with Crippen LogP contribution >= 0.6 is 0 Å². The van der Waals surface area contributed by atoms with E-state index in [2.05, 4.69) is 6.92 Å². The number of hydrogen-bond donors (Lipinski definition) is 0. The molecule has 2 heteroatoms. The molecule has 0 saturated carbocycles. The van der Waals surface area contributed by atoms with E-state index in [0.717, 1.165) is 17.6 Å². The number of nitrogens with zero attached hydrogens (tertiary/aromatic N) is 1. The highest BCUT2D eigenvalue weighted by atomic mass is 16.5. The van der Waals surface area contributed by atoms with Gasteiger partial charge in [-0.1, -0.05) is 19.4 Å². The summed E-state index contributed by atoms with van der Waals surface area (Å²) in [5, 5.41) is 10.9. The normalized spacial score (nSPS) is 13.3. The Balaban J connectivity index is 3.72. The van der Waals surface area contributed by atoms with Crippen LogP contribution < -0.4 is 0 Å². The topological polar surface area (TPSA) is 26.1 Å². The van der Waals surface area contributed by atoms with Crippen LogP contribution in [-0.2, 0) is 0 Å². The maximum absolute atomic E-state index is 10.9. The molecule has 0 aliphatic rings. The molecule has 0 aliphatic heterocycles. The van der Waals surface area contributed by atoms with Crippen molar-refractivity contribution in [3.63, 3.8) is 0 Å². The van der Waals surface area contributed by atoms with Gasteiger partial charge in [-0.25, -0.2) is 4.74 Å². The van der Waals surface area contributed by atoms with Crippen molar-refractivity contribution < 1.29 is 4.74 Å². The third-order valence-corrected chi connectivity index (χ3v) is 1.33. The summed E-state index contributed by atoms with van der Waals surface area (Å²) < 4.78 is 0.951. The first-order chi connectivity index (χ1) is 5.18. The van der Waals surface area contributed by atoms with E-state index in [0.29, 0.717) is 0 Å². The summed E-state index contributed by atoms with van der Waals surface area (Å²) in [6.45, 7) is 5.86. The van der Waals surface area contributed by atoms with E-state index in [1.807, 2.05) is 26.0 Å². The minimum atomic E-state index is 0.0428. The molecule has 0 amide bonds. The van der Waals surface area contributed by atoms with Crippen molar-refractivity contribution in [3.8, 4) is 0 Å². The maximum Gasteiger partial charge on any atom is 0.174 e. The summed E-state index contributed by atoms with van der Waals surface area (Å²) in [7, 11) is 0. The van der Waals surface area contributed by atoms with Crippen molar-refractivity contribution in [2.24, 2.45) is 0 Å². The molecule has 0 rings (SSSR count). The molecule has 64 valence electrons. The minimum Gasteiger partial charge on any atom is -0.624 e. The number of rotatable bonds is 4. The van der Waals surface area contributed by atoms with Gasteiger partial charge < -0.3 is 5.21 Å². The number of allylic oxidation sites excluding steroid dienone is 2. The van der Waals surface area contributed by atoms with Gasteiger partial charge >= 0.3 is 0 Å². The van der Waals surface area contributed by atoms with E-state index >= 15 is 0 Å².